The van der Waals surface area contributed by atoms with Crippen molar-refractivity contribution in [3.63, 3.8) is 0 Å². The molecule has 3 rings (SSSR count). The molecule has 30 heavy (non-hydrogen) atoms. The highest BCUT2D eigenvalue weighted by Crippen LogP contribution is 2.30. The van der Waals surface area contributed by atoms with Crippen LogP contribution in [0.3, 0.4) is 0 Å². The number of ether oxygens (including phenoxy) is 2. The third kappa shape index (κ3) is 5.38. The topological polar surface area (TPSA) is 68.7 Å². The average molecular weight is 405 g/mol. The number of pyridine rings is 1. The van der Waals surface area contributed by atoms with Crippen molar-refractivity contribution in [1.82, 2.24) is 4.98 Å². The van der Waals surface area contributed by atoms with Gasteiger partial charge in [0.2, 0.25) is 0 Å². The van der Waals surface area contributed by atoms with E-state index >= 15 is 0 Å². The summed E-state index contributed by atoms with van der Waals surface area (Å²) in [6.07, 6.45) is 3.29. The molecule has 3 aromatic rings. The minimum absolute atomic E-state index is 0.293. The monoisotopic (exact) mass is 405 g/mol. The van der Waals surface area contributed by atoms with Gasteiger partial charge in [-0.3, -0.25) is 4.98 Å². The van der Waals surface area contributed by atoms with Crippen LogP contribution in [0.5, 0.6) is 11.5 Å². The summed E-state index contributed by atoms with van der Waals surface area (Å²) in [7, 11) is 1.65. The molecule has 0 atom stereocenters. The quantitative estimate of drug-likeness (QED) is 0.525. The number of aryl methyl sites for hydroxylation is 2. The number of nitrogens with zero attached hydrogens (tertiary/aromatic N) is 1. The molecule has 0 saturated carbocycles. The molecular formula is C25H27NO4. The van der Waals surface area contributed by atoms with Crippen LogP contribution in [-0.4, -0.2) is 23.2 Å². The van der Waals surface area contributed by atoms with Crippen molar-refractivity contribution in [3.05, 3.63) is 88.7 Å². The highest BCUT2D eigenvalue weighted by Gasteiger charge is 2.15. The molecule has 0 fully saturated rings. The van der Waals surface area contributed by atoms with Gasteiger partial charge in [-0.1, -0.05) is 38.1 Å². The number of aromatic nitrogens is 1. The summed E-state index contributed by atoms with van der Waals surface area (Å²) in [4.78, 5) is 15.6. The number of hydrogen-bond acceptors (Lipinski definition) is 4. The van der Waals surface area contributed by atoms with Crippen molar-refractivity contribution in [2.24, 2.45) is 0 Å². The fourth-order valence-electron chi connectivity index (χ4n) is 3.30. The zero-order valence-electron chi connectivity index (χ0n) is 17.6. The maximum atomic E-state index is 11.0. The molecule has 0 aliphatic heterocycles. The van der Waals surface area contributed by atoms with Crippen LogP contribution in [0.1, 0.15) is 52.5 Å². The van der Waals surface area contributed by atoms with Gasteiger partial charge in [0.25, 0.3) is 0 Å². The summed E-state index contributed by atoms with van der Waals surface area (Å²) in [6, 6.07) is 16.8. The lowest BCUT2D eigenvalue weighted by atomic mass is 9.99. The smallest absolute Gasteiger partial charge is 0.335 e. The maximum Gasteiger partial charge on any atom is 0.335 e. The van der Waals surface area contributed by atoms with E-state index in [1.807, 2.05) is 48.7 Å². The summed E-state index contributed by atoms with van der Waals surface area (Å²) in [6.45, 7) is 4.72. The molecule has 0 aliphatic rings. The fourth-order valence-corrected chi connectivity index (χ4v) is 3.30. The Morgan fingerprint density at radius 1 is 1.03 bits per heavy atom. The first-order chi connectivity index (χ1) is 14.5. The molecule has 0 unspecified atom stereocenters. The number of carbonyl (C=O) groups is 1. The molecule has 0 amide bonds. The highest BCUT2D eigenvalue weighted by atomic mass is 16.5. The molecule has 2 aromatic carbocycles. The number of hydrogen-bond donors (Lipinski definition) is 1. The van der Waals surface area contributed by atoms with Gasteiger partial charge >= 0.3 is 5.97 Å². The van der Waals surface area contributed by atoms with Crippen molar-refractivity contribution >= 4 is 5.97 Å². The average Bonchev–Trinajstić information content (AvgIpc) is 2.76. The Morgan fingerprint density at radius 2 is 1.80 bits per heavy atom. The van der Waals surface area contributed by atoms with Gasteiger partial charge in [0.05, 0.1) is 18.4 Å². The second-order valence-corrected chi connectivity index (χ2v) is 7.47. The Kier molecular flexibility index (Phi) is 7.07. The predicted molar refractivity (Wildman–Crippen MR) is 116 cm³/mol. The standard InChI is InChI=1S/C25H27NO4/c1-17(2)22-13-14-26-23(12-9-18-7-10-20(11-8-18)25(27)28)24(22)30-16-19-5-4-6-21(15-19)29-3/h4-8,10-11,13-15,17H,9,12,16H2,1-3H3,(H,27,28). The van der Waals surface area contributed by atoms with E-state index in [0.717, 1.165) is 40.3 Å². The van der Waals surface area contributed by atoms with Crippen LogP contribution in [0.2, 0.25) is 0 Å². The zero-order valence-corrected chi connectivity index (χ0v) is 17.6. The maximum absolute atomic E-state index is 11.0. The van der Waals surface area contributed by atoms with Crippen LogP contribution in [0, 0.1) is 0 Å². The normalized spacial score (nSPS) is 10.8. The first kappa shape index (κ1) is 21.4. The van der Waals surface area contributed by atoms with Crippen LogP contribution in [0.4, 0.5) is 0 Å². The van der Waals surface area contributed by atoms with Crippen LogP contribution < -0.4 is 9.47 Å². The summed E-state index contributed by atoms with van der Waals surface area (Å²) in [5.41, 5.74) is 4.43. The molecule has 1 aromatic heterocycles. The first-order valence-corrected chi connectivity index (χ1v) is 10.0. The van der Waals surface area contributed by atoms with Crippen molar-refractivity contribution in [2.45, 2.75) is 39.2 Å². The third-order valence-electron chi connectivity index (χ3n) is 5.00. The largest absolute Gasteiger partial charge is 0.497 e. The zero-order chi connectivity index (χ0) is 21.5. The van der Waals surface area contributed by atoms with Crippen LogP contribution in [0.25, 0.3) is 0 Å². The minimum Gasteiger partial charge on any atom is -0.497 e. The highest BCUT2D eigenvalue weighted by molar-refractivity contribution is 5.87. The first-order valence-electron chi connectivity index (χ1n) is 10.0. The van der Waals surface area contributed by atoms with Crippen LogP contribution in [-0.2, 0) is 19.4 Å². The number of benzene rings is 2. The van der Waals surface area contributed by atoms with Gasteiger partial charge in [0, 0.05) is 11.8 Å². The van der Waals surface area contributed by atoms with Gasteiger partial charge in [-0.25, -0.2) is 4.79 Å². The Labute approximate surface area is 177 Å². The molecule has 156 valence electrons. The van der Waals surface area contributed by atoms with Gasteiger partial charge in [-0.15, -0.1) is 0 Å². The van der Waals surface area contributed by atoms with E-state index < -0.39 is 5.97 Å². The van der Waals surface area contributed by atoms with Crippen molar-refractivity contribution in [1.29, 1.82) is 0 Å². The second kappa shape index (κ2) is 9.92. The summed E-state index contributed by atoms with van der Waals surface area (Å²) in [5.74, 6) is 1.02. The van der Waals surface area contributed by atoms with Gasteiger partial charge in [0.1, 0.15) is 18.1 Å². The van der Waals surface area contributed by atoms with Crippen molar-refractivity contribution in [2.75, 3.05) is 7.11 Å². The van der Waals surface area contributed by atoms with E-state index in [0.29, 0.717) is 24.5 Å². The molecular weight excluding hydrogens is 378 g/mol. The van der Waals surface area contributed by atoms with Crippen molar-refractivity contribution < 1.29 is 19.4 Å². The molecule has 0 spiro atoms. The van der Waals surface area contributed by atoms with Gasteiger partial charge in [-0.05, 0) is 60.2 Å². The van der Waals surface area contributed by atoms with E-state index in [1.54, 1.807) is 19.2 Å². The van der Waals surface area contributed by atoms with E-state index in [2.05, 4.69) is 18.8 Å². The molecule has 0 aliphatic carbocycles. The molecule has 0 saturated heterocycles. The number of carboxylic acids is 1. The second-order valence-electron chi connectivity index (χ2n) is 7.47. The molecule has 0 bridgehead atoms. The van der Waals surface area contributed by atoms with E-state index in [4.69, 9.17) is 14.6 Å². The van der Waals surface area contributed by atoms with Gasteiger partial charge in [0.15, 0.2) is 0 Å². The number of methoxy groups -OCH3 is 1. The van der Waals surface area contributed by atoms with E-state index in [-0.39, 0.29) is 0 Å². The van der Waals surface area contributed by atoms with Gasteiger partial charge < -0.3 is 14.6 Å². The third-order valence-corrected chi connectivity index (χ3v) is 5.00. The molecule has 5 nitrogen and oxygen atoms in total. The van der Waals surface area contributed by atoms with Crippen LogP contribution in [0.15, 0.2) is 60.8 Å². The van der Waals surface area contributed by atoms with E-state index in [9.17, 15) is 4.79 Å². The van der Waals surface area contributed by atoms with Crippen LogP contribution >= 0.6 is 0 Å². The van der Waals surface area contributed by atoms with Gasteiger partial charge in [-0.2, -0.15) is 0 Å². The fraction of sp³-hybridized carbons (Fsp3) is 0.280. The Hall–Kier alpha value is -3.34. The van der Waals surface area contributed by atoms with Crippen molar-refractivity contribution in [3.8, 4) is 11.5 Å². The number of rotatable bonds is 9. The summed E-state index contributed by atoms with van der Waals surface area (Å²) in [5, 5.41) is 9.05. The molecule has 1 heterocycles. The Morgan fingerprint density at radius 3 is 2.47 bits per heavy atom. The summed E-state index contributed by atoms with van der Waals surface area (Å²) < 4.78 is 11.6. The lowest BCUT2D eigenvalue weighted by Crippen LogP contribution is -2.06. The molecule has 0 radical (unpaired) electrons. The summed E-state index contributed by atoms with van der Waals surface area (Å²) >= 11 is 0. The Bertz CT molecular complexity index is 996. The van der Waals surface area contributed by atoms with E-state index in [1.165, 1.54) is 0 Å². The molecule has 1 N–H and O–H groups in total. The number of carboxylic acid groups (broad SMARTS) is 1. The molecule has 5 heteroatoms. The SMILES string of the molecule is COc1cccc(COc2c(C(C)C)ccnc2CCc2ccc(C(=O)O)cc2)c1. The minimum atomic E-state index is -0.916. The predicted octanol–water partition coefficient (Wildman–Crippen LogP) is 5.28. The number of aromatic carboxylic acids is 1. The Balaban J connectivity index is 1.78. The lowest BCUT2D eigenvalue weighted by Gasteiger charge is -2.17. The lowest BCUT2D eigenvalue weighted by molar-refractivity contribution is 0.0697.